The molecule has 0 aliphatic rings. The fraction of sp³-hybridized carbons (Fsp3) is 0.167. The number of aromatic nitrogens is 2. The number of hydrogen-bond acceptors (Lipinski definition) is 4. The Bertz CT molecular complexity index is 766. The van der Waals surface area contributed by atoms with E-state index in [1.165, 1.54) is 16.8 Å². The van der Waals surface area contributed by atoms with Gasteiger partial charge in [0.25, 0.3) is 11.2 Å². The summed E-state index contributed by atoms with van der Waals surface area (Å²) in [6.07, 6.45) is 1.50. The fourth-order valence-corrected chi connectivity index (χ4v) is 1.96. The number of aromatic amines is 1. The SMILES string of the molecule is O=c1[nH]c(=O)n(CCc2ccccc2[N+](=O)[O-])cc1Cl. The van der Waals surface area contributed by atoms with Crippen LogP contribution in [0, 0.1) is 10.1 Å². The summed E-state index contributed by atoms with van der Waals surface area (Å²) in [6, 6.07) is 6.28. The van der Waals surface area contributed by atoms with Gasteiger partial charge in [-0.3, -0.25) is 24.5 Å². The number of rotatable bonds is 4. The minimum Gasteiger partial charge on any atom is -0.299 e. The van der Waals surface area contributed by atoms with Crippen LogP contribution in [0.25, 0.3) is 0 Å². The van der Waals surface area contributed by atoms with Crippen LogP contribution in [0.3, 0.4) is 0 Å². The van der Waals surface area contributed by atoms with Gasteiger partial charge in [-0.05, 0) is 6.42 Å². The third-order valence-corrected chi connectivity index (χ3v) is 3.05. The molecule has 0 saturated carbocycles. The molecule has 2 rings (SSSR count). The largest absolute Gasteiger partial charge is 0.328 e. The molecule has 0 bridgehead atoms. The lowest BCUT2D eigenvalue weighted by molar-refractivity contribution is -0.385. The predicted molar refractivity (Wildman–Crippen MR) is 73.1 cm³/mol. The zero-order chi connectivity index (χ0) is 14.7. The number of halogens is 1. The summed E-state index contributed by atoms with van der Waals surface area (Å²) in [5, 5.41) is 10.8. The third kappa shape index (κ3) is 2.94. The van der Waals surface area contributed by atoms with Crippen LogP contribution in [0.5, 0.6) is 0 Å². The summed E-state index contributed by atoms with van der Waals surface area (Å²) in [7, 11) is 0. The first-order valence-corrected chi connectivity index (χ1v) is 6.08. The molecule has 0 fully saturated rings. The van der Waals surface area contributed by atoms with Crippen LogP contribution >= 0.6 is 11.6 Å². The maximum atomic E-state index is 11.5. The molecule has 104 valence electrons. The number of para-hydroxylation sites is 1. The number of hydrogen-bond donors (Lipinski definition) is 1. The zero-order valence-electron chi connectivity index (χ0n) is 10.2. The highest BCUT2D eigenvalue weighted by Crippen LogP contribution is 2.18. The minimum absolute atomic E-state index is 0.00364. The zero-order valence-corrected chi connectivity index (χ0v) is 11.0. The van der Waals surface area contributed by atoms with Crippen LogP contribution in [-0.4, -0.2) is 14.5 Å². The van der Waals surface area contributed by atoms with Gasteiger partial charge < -0.3 is 0 Å². The second kappa shape index (κ2) is 5.70. The van der Waals surface area contributed by atoms with Crippen LogP contribution in [0.15, 0.2) is 40.1 Å². The van der Waals surface area contributed by atoms with Crippen molar-refractivity contribution in [3.05, 3.63) is 72.0 Å². The smallest absolute Gasteiger partial charge is 0.299 e. The van der Waals surface area contributed by atoms with E-state index < -0.39 is 16.2 Å². The highest BCUT2D eigenvalue weighted by Gasteiger charge is 2.12. The van der Waals surface area contributed by atoms with Crippen molar-refractivity contribution in [1.29, 1.82) is 0 Å². The Labute approximate surface area is 117 Å². The molecule has 1 N–H and O–H groups in total. The number of nitro benzene ring substituents is 1. The number of H-pyrrole nitrogens is 1. The summed E-state index contributed by atoms with van der Waals surface area (Å²) in [6.45, 7) is 0.181. The van der Waals surface area contributed by atoms with Crippen molar-refractivity contribution >= 4 is 17.3 Å². The van der Waals surface area contributed by atoms with Gasteiger partial charge in [-0.25, -0.2) is 4.79 Å². The maximum absolute atomic E-state index is 11.5. The summed E-state index contributed by atoms with van der Waals surface area (Å²) < 4.78 is 1.21. The average molecular weight is 296 g/mol. The number of nitro groups is 1. The minimum atomic E-state index is -0.654. The van der Waals surface area contributed by atoms with Gasteiger partial charge in [-0.2, -0.15) is 0 Å². The Morgan fingerprint density at radius 1 is 1.30 bits per heavy atom. The van der Waals surface area contributed by atoms with E-state index in [1.807, 2.05) is 0 Å². The van der Waals surface area contributed by atoms with E-state index in [-0.39, 0.29) is 23.7 Å². The normalized spacial score (nSPS) is 10.4. The molecule has 8 heteroatoms. The highest BCUT2D eigenvalue weighted by atomic mass is 35.5. The Kier molecular flexibility index (Phi) is 3.99. The van der Waals surface area contributed by atoms with Crippen LogP contribution in [0.2, 0.25) is 5.02 Å². The topological polar surface area (TPSA) is 98.0 Å². The van der Waals surface area contributed by atoms with Crippen molar-refractivity contribution in [3.63, 3.8) is 0 Å². The number of benzene rings is 1. The van der Waals surface area contributed by atoms with Gasteiger partial charge in [0.2, 0.25) is 0 Å². The van der Waals surface area contributed by atoms with E-state index >= 15 is 0 Å². The van der Waals surface area contributed by atoms with E-state index in [0.29, 0.717) is 5.56 Å². The first-order valence-electron chi connectivity index (χ1n) is 5.70. The molecule has 1 aromatic carbocycles. The Morgan fingerprint density at radius 2 is 2.00 bits per heavy atom. The van der Waals surface area contributed by atoms with Gasteiger partial charge >= 0.3 is 5.69 Å². The molecular weight excluding hydrogens is 286 g/mol. The van der Waals surface area contributed by atoms with Gasteiger partial charge in [-0.15, -0.1) is 0 Å². The van der Waals surface area contributed by atoms with Crippen molar-refractivity contribution < 1.29 is 4.92 Å². The number of nitrogens with zero attached hydrogens (tertiary/aromatic N) is 2. The summed E-state index contributed by atoms with van der Waals surface area (Å²) in [4.78, 5) is 35.1. The standard InChI is InChI=1S/C12H10ClN3O4/c13-9-7-15(12(18)14-11(9)17)6-5-8-3-1-2-4-10(8)16(19)20/h1-4,7H,5-6H2,(H,14,17,18). The van der Waals surface area contributed by atoms with Gasteiger partial charge in [-0.1, -0.05) is 29.8 Å². The van der Waals surface area contributed by atoms with Crippen molar-refractivity contribution in [2.24, 2.45) is 0 Å². The average Bonchev–Trinajstić information content (AvgIpc) is 2.41. The van der Waals surface area contributed by atoms with Crippen molar-refractivity contribution in [1.82, 2.24) is 9.55 Å². The highest BCUT2D eigenvalue weighted by molar-refractivity contribution is 6.30. The molecule has 2 aromatic rings. The summed E-state index contributed by atoms with van der Waals surface area (Å²) in [5.41, 5.74) is -0.751. The van der Waals surface area contributed by atoms with Crippen LogP contribution < -0.4 is 11.2 Å². The Balaban J connectivity index is 2.26. The molecular formula is C12H10ClN3O4. The predicted octanol–water partition coefficient (Wildman–Crippen LogP) is 1.34. The van der Waals surface area contributed by atoms with Crippen molar-refractivity contribution in [2.75, 3.05) is 0 Å². The Hall–Kier alpha value is -2.41. The lowest BCUT2D eigenvalue weighted by Gasteiger charge is -2.06. The molecule has 0 aliphatic heterocycles. The molecule has 0 atom stereocenters. The molecule has 1 aromatic heterocycles. The molecule has 0 spiro atoms. The van der Waals surface area contributed by atoms with Gasteiger partial charge in [0.15, 0.2) is 0 Å². The van der Waals surface area contributed by atoms with Gasteiger partial charge in [0.1, 0.15) is 5.02 Å². The third-order valence-electron chi connectivity index (χ3n) is 2.78. The Morgan fingerprint density at radius 3 is 2.70 bits per heavy atom. The molecule has 1 heterocycles. The van der Waals surface area contributed by atoms with Crippen LogP contribution in [0.1, 0.15) is 5.56 Å². The molecule has 0 saturated heterocycles. The monoisotopic (exact) mass is 295 g/mol. The summed E-state index contributed by atoms with van der Waals surface area (Å²) >= 11 is 5.64. The number of aryl methyl sites for hydroxylation is 2. The lowest BCUT2D eigenvalue weighted by atomic mass is 10.1. The van der Waals surface area contributed by atoms with E-state index in [2.05, 4.69) is 4.98 Å². The van der Waals surface area contributed by atoms with E-state index in [9.17, 15) is 19.7 Å². The van der Waals surface area contributed by atoms with Crippen molar-refractivity contribution in [3.8, 4) is 0 Å². The van der Waals surface area contributed by atoms with Gasteiger partial charge in [0.05, 0.1) is 4.92 Å². The molecule has 7 nitrogen and oxygen atoms in total. The first-order chi connectivity index (χ1) is 9.49. The van der Waals surface area contributed by atoms with E-state index in [0.717, 1.165) is 0 Å². The molecule has 20 heavy (non-hydrogen) atoms. The maximum Gasteiger partial charge on any atom is 0.328 e. The lowest BCUT2D eigenvalue weighted by Crippen LogP contribution is -2.30. The molecule has 0 radical (unpaired) electrons. The first kappa shape index (κ1) is 14.0. The number of nitrogens with one attached hydrogen (secondary N) is 1. The van der Waals surface area contributed by atoms with E-state index in [1.54, 1.807) is 18.2 Å². The van der Waals surface area contributed by atoms with Crippen LogP contribution in [-0.2, 0) is 13.0 Å². The van der Waals surface area contributed by atoms with E-state index in [4.69, 9.17) is 11.6 Å². The fourth-order valence-electron chi connectivity index (χ4n) is 1.79. The molecule has 0 aliphatic carbocycles. The van der Waals surface area contributed by atoms with Gasteiger partial charge in [0, 0.05) is 24.4 Å². The molecule has 0 unspecified atom stereocenters. The van der Waals surface area contributed by atoms with Crippen LogP contribution in [0.4, 0.5) is 5.69 Å². The second-order valence-corrected chi connectivity index (χ2v) is 4.47. The van der Waals surface area contributed by atoms with Crippen molar-refractivity contribution in [2.45, 2.75) is 13.0 Å². The molecule has 0 amide bonds. The second-order valence-electron chi connectivity index (χ2n) is 4.07. The quantitative estimate of drug-likeness (QED) is 0.679. The summed E-state index contributed by atoms with van der Waals surface area (Å²) in [5.74, 6) is 0.